The molecule has 4 heterocycles. The molecule has 35 heavy (non-hydrogen) atoms. The van der Waals surface area contributed by atoms with Gasteiger partial charge in [0, 0.05) is 18.2 Å². The minimum absolute atomic E-state index is 0.159. The van der Waals surface area contributed by atoms with Gasteiger partial charge in [-0.05, 0) is 51.4 Å². The average Bonchev–Trinajstić information content (AvgIpc) is 3.51. The van der Waals surface area contributed by atoms with Crippen LogP contribution in [-0.2, 0) is 21.5 Å². The molecule has 1 amide bonds. The third kappa shape index (κ3) is 4.55. The van der Waals surface area contributed by atoms with Gasteiger partial charge in [-0.15, -0.1) is 0 Å². The smallest absolute Gasteiger partial charge is 0.475 e. The van der Waals surface area contributed by atoms with Crippen molar-refractivity contribution in [1.82, 2.24) is 10.1 Å². The molecule has 1 fully saturated rings. The first-order valence-corrected chi connectivity index (χ1v) is 10.9. The van der Waals surface area contributed by atoms with Gasteiger partial charge in [0.2, 0.25) is 5.91 Å². The Balaban J connectivity index is 0.000000364. The lowest BCUT2D eigenvalue weighted by Gasteiger charge is -2.38. The molecule has 0 saturated carbocycles. The summed E-state index contributed by atoms with van der Waals surface area (Å²) in [5.74, 6) is -1.72. The Morgan fingerprint density at radius 2 is 1.83 bits per heavy atom. The summed E-state index contributed by atoms with van der Waals surface area (Å²) in [6.07, 6.45) is -0.218. The molecule has 0 unspecified atom stereocenters. The van der Waals surface area contributed by atoms with E-state index in [2.05, 4.69) is 16.1 Å². The Kier molecular flexibility index (Phi) is 6.46. The van der Waals surface area contributed by atoms with Crippen LogP contribution in [0.1, 0.15) is 35.4 Å². The molecule has 11 heteroatoms. The van der Waals surface area contributed by atoms with Crippen LogP contribution in [0, 0.1) is 13.8 Å². The van der Waals surface area contributed by atoms with E-state index in [1.54, 1.807) is 12.5 Å². The second-order valence-corrected chi connectivity index (χ2v) is 8.60. The number of carbonyl (C=O) groups is 2. The van der Waals surface area contributed by atoms with Crippen molar-refractivity contribution in [3.63, 3.8) is 0 Å². The van der Waals surface area contributed by atoms with Gasteiger partial charge >= 0.3 is 12.1 Å². The van der Waals surface area contributed by atoms with Gasteiger partial charge < -0.3 is 14.0 Å². The number of halogens is 3. The van der Waals surface area contributed by atoms with Crippen molar-refractivity contribution < 1.29 is 36.8 Å². The molecule has 2 aromatic heterocycles. The van der Waals surface area contributed by atoms with Crippen LogP contribution in [-0.4, -0.2) is 46.3 Å². The maximum atomic E-state index is 13.6. The third-order valence-electron chi connectivity index (χ3n) is 6.55. The number of benzene rings is 1. The van der Waals surface area contributed by atoms with E-state index in [1.165, 1.54) is 0 Å². The van der Waals surface area contributed by atoms with Gasteiger partial charge in [0.05, 0.1) is 28.7 Å². The minimum Gasteiger partial charge on any atom is -0.475 e. The predicted molar refractivity (Wildman–Crippen MR) is 118 cm³/mol. The number of hydrogen-bond donors (Lipinski definition) is 1. The molecule has 1 aromatic carbocycles. The molecule has 1 saturated heterocycles. The van der Waals surface area contributed by atoms with Crippen LogP contribution in [0.2, 0.25) is 0 Å². The van der Waals surface area contributed by atoms with E-state index >= 15 is 0 Å². The number of amides is 1. The number of nitrogens with zero attached hydrogens (tertiary/aromatic N) is 3. The number of alkyl halides is 3. The quantitative estimate of drug-likeness (QED) is 0.565. The summed E-state index contributed by atoms with van der Waals surface area (Å²) in [6.45, 7) is 6.49. The average molecular weight is 491 g/mol. The van der Waals surface area contributed by atoms with Crippen molar-refractivity contribution in [1.29, 1.82) is 0 Å². The van der Waals surface area contributed by atoms with Crippen LogP contribution < -0.4 is 4.90 Å². The maximum Gasteiger partial charge on any atom is 0.490 e. The monoisotopic (exact) mass is 491 g/mol. The van der Waals surface area contributed by atoms with Gasteiger partial charge in [0.1, 0.15) is 12.0 Å². The molecule has 5 rings (SSSR count). The molecule has 0 bridgehead atoms. The largest absolute Gasteiger partial charge is 0.490 e. The molecule has 1 N–H and O–H groups in total. The number of furan rings is 1. The lowest BCUT2D eigenvalue weighted by molar-refractivity contribution is -0.192. The molecule has 186 valence electrons. The summed E-state index contributed by atoms with van der Waals surface area (Å²) in [4.78, 5) is 26.7. The standard InChI is InChI=1S/C22H23N3O3.C2HF3O2/c1-15-18(16(2)28-23-15)13-24-10-8-22(9-11-24)19-5-3-4-6-20(19)25(21(22)26)17-7-12-27-14-17;3-2(4,5)1(6)7/h3-7,12,14H,8-11,13H2,1-2H3;(H,6,7). The van der Waals surface area contributed by atoms with Crippen molar-refractivity contribution >= 4 is 23.3 Å². The fourth-order valence-corrected chi connectivity index (χ4v) is 4.68. The number of carbonyl (C=O) groups excluding carboxylic acids is 1. The van der Waals surface area contributed by atoms with Crippen LogP contribution in [0.4, 0.5) is 24.5 Å². The topological polar surface area (TPSA) is 100 Å². The van der Waals surface area contributed by atoms with Crippen molar-refractivity contribution in [3.8, 4) is 0 Å². The normalized spacial score (nSPS) is 17.3. The summed E-state index contributed by atoms with van der Waals surface area (Å²) in [7, 11) is 0. The molecule has 2 aliphatic rings. The van der Waals surface area contributed by atoms with Gasteiger partial charge in [0.25, 0.3) is 0 Å². The molecular weight excluding hydrogens is 467 g/mol. The van der Waals surface area contributed by atoms with Gasteiger partial charge in [-0.1, -0.05) is 23.4 Å². The van der Waals surface area contributed by atoms with Crippen LogP contribution in [0.15, 0.2) is 51.8 Å². The summed E-state index contributed by atoms with van der Waals surface area (Å²) < 4.78 is 42.3. The zero-order valence-corrected chi connectivity index (χ0v) is 19.1. The molecule has 3 aromatic rings. The first kappa shape index (κ1) is 24.5. The van der Waals surface area contributed by atoms with Gasteiger partial charge in [-0.3, -0.25) is 14.6 Å². The van der Waals surface area contributed by atoms with Crippen LogP contribution >= 0.6 is 0 Å². The second-order valence-electron chi connectivity index (χ2n) is 8.60. The van der Waals surface area contributed by atoms with Crippen molar-refractivity contribution in [3.05, 3.63) is 65.4 Å². The Labute approximate surface area is 198 Å². The number of rotatable bonds is 3. The maximum absolute atomic E-state index is 13.6. The lowest BCUT2D eigenvalue weighted by atomic mass is 9.73. The van der Waals surface area contributed by atoms with Crippen LogP contribution in [0.5, 0.6) is 0 Å². The molecule has 0 radical (unpaired) electrons. The van der Waals surface area contributed by atoms with Crippen molar-refractivity contribution in [2.45, 2.75) is 44.8 Å². The Bertz CT molecular complexity index is 1190. The number of carboxylic acid groups (broad SMARTS) is 1. The first-order valence-electron chi connectivity index (χ1n) is 10.9. The van der Waals surface area contributed by atoms with E-state index in [9.17, 15) is 18.0 Å². The van der Waals surface area contributed by atoms with E-state index < -0.39 is 17.6 Å². The number of piperidine rings is 1. The molecule has 1 spiro atoms. The van der Waals surface area contributed by atoms with Crippen LogP contribution in [0.3, 0.4) is 0 Å². The molecular formula is C24H24F3N3O5. The number of likely N-dealkylation sites (tertiary alicyclic amines) is 1. The molecule has 0 aliphatic carbocycles. The van der Waals surface area contributed by atoms with Crippen LogP contribution in [0.25, 0.3) is 0 Å². The number of para-hydroxylation sites is 1. The van der Waals surface area contributed by atoms with Gasteiger partial charge in [-0.2, -0.15) is 13.2 Å². The fourth-order valence-electron chi connectivity index (χ4n) is 4.68. The number of fused-ring (bicyclic) bond motifs is 2. The van der Waals surface area contributed by atoms with Gasteiger partial charge in [-0.25, -0.2) is 4.79 Å². The number of aliphatic carboxylic acids is 1. The predicted octanol–water partition coefficient (Wildman–Crippen LogP) is 4.73. The zero-order chi connectivity index (χ0) is 25.4. The van der Waals surface area contributed by atoms with E-state index in [4.69, 9.17) is 18.8 Å². The van der Waals surface area contributed by atoms with E-state index in [-0.39, 0.29) is 5.91 Å². The van der Waals surface area contributed by atoms with Crippen molar-refractivity contribution in [2.24, 2.45) is 0 Å². The molecule has 2 aliphatic heterocycles. The Morgan fingerprint density at radius 3 is 2.37 bits per heavy atom. The Hall–Kier alpha value is -3.60. The number of anilines is 2. The zero-order valence-electron chi connectivity index (χ0n) is 19.1. The second kappa shape index (κ2) is 9.21. The number of aryl methyl sites for hydroxylation is 2. The van der Waals surface area contributed by atoms with Gasteiger partial charge in [0.15, 0.2) is 0 Å². The van der Waals surface area contributed by atoms with E-state index in [0.717, 1.165) is 66.4 Å². The fraction of sp³-hybridized carbons (Fsp3) is 0.375. The highest BCUT2D eigenvalue weighted by molar-refractivity contribution is 6.13. The summed E-state index contributed by atoms with van der Waals surface area (Å²) in [5.41, 5.74) is 4.57. The molecule has 8 nitrogen and oxygen atoms in total. The lowest BCUT2D eigenvalue weighted by Crippen LogP contribution is -2.47. The Morgan fingerprint density at radius 1 is 1.17 bits per heavy atom. The summed E-state index contributed by atoms with van der Waals surface area (Å²) in [6, 6.07) is 10.0. The SMILES string of the molecule is Cc1noc(C)c1CN1CCC2(CC1)C(=O)N(c1ccoc1)c1ccccc12.O=C(O)C(F)(F)F. The highest BCUT2D eigenvalue weighted by atomic mass is 19.4. The highest BCUT2D eigenvalue weighted by Gasteiger charge is 2.52. The number of carboxylic acids is 1. The van der Waals surface area contributed by atoms with E-state index in [1.807, 2.05) is 43.0 Å². The number of hydrogen-bond acceptors (Lipinski definition) is 6. The summed E-state index contributed by atoms with van der Waals surface area (Å²) in [5, 5.41) is 11.2. The first-order chi connectivity index (χ1) is 16.5. The third-order valence-corrected chi connectivity index (χ3v) is 6.55. The van der Waals surface area contributed by atoms with Crippen molar-refractivity contribution in [2.75, 3.05) is 18.0 Å². The summed E-state index contributed by atoms with van der Waals surface area (Å²) >= 11 is 0. The number of aromatic nitrogens is 1. The minimum atomic E-state index is -5.08. The van der Waals surface area contributed by atoms with E-state index in [0.29, 0.717) is 0 Å². The molecule has 0 atom stereocenters. The highest BCUT2D eigenvalue weighted by Crippen LogP contribution is 2.50.